The molecule has 5 radical (unpaired) electrons. The third kappa shape index (κ3) is 5.34. The summed E-state index contributed by atoms with van der Waals surface area (Å²) in [6.07, 6.45) is 10.0. The molecule has 0 atom stereocenters. The molecule has 0 spiro atoms. The molecule has 0 amide bonds. The van der Waals surface area contributed by atoms with Gasteiger partial charge in [0.15, 0.2) is 0 Å². The van der Waals surface area contributed by atoms with Crippen LogP contribution in [-0.4, -0.2) is 16.8 Å². The fourth-order valence-corrected chi connectivity index (χ4v) is 3.92. The molecular formula is C29H27O3. The molecule has 161 valence electrons. The van der Waals surface area contributed by atoms with Gasteiger partial charge in [-0.2, -0.15) is 0 Å². The Morgan fingerprint density at radius 2 is 1.19 bits per heavy atom. The van der Waals surface area contributed by atoms with Gasteiger partial charge in [-0.05, 0) is 109 Å². The quantitative estimate of drug-likeness (QED) is 0.399. The van der Waals surface area contributed by atoms with E-state index in [0.717, 1.165) is 40.9 Å². The van der Waals surface area contributed by atoms with Crippen LogP contribution in [0.15, 0.2) is 72.8 Å². The van der Waals surface area contributed by atoms with Gasteiger partial charge in [-0.3, -0.25) is 0 Å². The van der Waals surface area contributed by atoms with E-state index < -0.39 is 0 Å². The Hall–Kier alpha value is -3.20. The molecule has 0 heterocycles. The monoisotopic (exact) mass is 423 g/mol. The highest BCUT2D eigenvalue weighted by molar-refractivity contribution is 5.98. The first-order chi connectivity index (χ1) is 15.6. The molecule has 3 nitrogen and oxygen atoms in total. The number of hydrogen-bond acceptors (Lipinski definition) is 3. The standard InChI is InChI=1S/C29H27O3/c1-2-28(22-7-13-25(30)14-8-22)29(23-9-15-26(31)16-10-23)24-11-17-27(18-12-24)32-20-19-21-5-3-4-6-21/h3-18,30-31H,2,19-20H2,1H3/b29-28-. The predicted molar refractivity (Wildman–Crippen MR) is 129 cm³/mol. The van der Waals surface area contributed by atoms with Gasteiger partial charge in [0.2, 0.25) is 0 Å². The van der Waals surface area contributed by atoms with E-state index in [1.54, 1.807) is 24.3 Å². The minimum absolute atomic E-state index is 0.240. The Labute approximate surface area is 191 Å². The molecule has 3 heteroatoms. The second kappa shape index (κ2) is 10.4. The summed E-state index contributed by atoms with van der Waals surface area (Å²) in [4.78, 5) is 0. The van der Waals surface area contributed by atoms with E-state index in [-0.39, 0.29) is 11.5 Å². The fourth-order valence-electron chi connectivity index (χ4n) is 3.92. The van der Waals surface area contributed by atoms with Crippen molar-refractivity contribution in [2.45, 2.75) is 19.8 Å². The maximum absolute atomic E-state index is 9.78. The van der Waals surface area contributed by atoms with E-state index >= 15 is 0 Å². The smallest absolute Gasteiger partial charge is 0.119 e. The highest BCUT2D eigenvalue weighted by Gasteiger charge is 2.17. The van der Waals surface area contributed by atoms with Crippen LogP contribution in [0.4, 0.5) is 0 Å². The first kappa shape index (κ1) is 22.0. The van der Waals surface area contributed by atoms with Crippen molar-refractivity contribution in [3.63, 3.8) is 0 Å². The summed E-state index contributed by atoms with van der Waals surface area (Å²) >= 11 is 0. The van der Waals surface area contributed by atoms with Crippen molar-refractivity contribution in [2.75, 3.05) is 6.61 Å². The molecule has 0 saturated heterocycles. The lowest BCUT2D eigenvalue weighted by Crippen LogP contribution is -2.03. The Kier molecular flexibility index (Phi) is 7.16. The van der Waals surface area contributed by atoms with Crippen LogP contribution >= 0.6 is 0 Å². The molecule has 1 fully saturated rings. The molecule has 3 aromatic rings. The molecular weight excluding hydrogens is 396 g/mol. The number of benzene rings is 3. The average molecular weight is 424 g/mol. The highest BCUT2D eigenvalue weighted by atomic mass is 16.5. The van der Waals surface area contributed by atoms with Crippen molar-refractivity contribution < 1.29 is 14.9 Å². The summed E-state index contributed by atoms with van der Waals surface area (Å²) in [6.45, 7) is 2.77. The number of phenolic OH excluding ortho intramolecular Hbond substituents is 2. The molecule has 0 aromatic heterocycles. The normalized spacial score (nSPS) is 14.9. The van der Waals surface area contributed by atoms with E-state index in [2.05, 4.69) is 31.9 Å². The van der Waals surface area contributed by atoms with E-state index in [1.165, 1.54) is 11.5 Å². The topological polar surface area (TPSA) is 49.7 Å². The third-order valence-electron chi connectivity index (χ3n) is 5.56. The summed E-state index contributed by atoms with van der Waals surface area (Å²) < 4.78 is 5.94. The minimum Gasteiger partial charge on any atom is -0.508 e. The third-order valence-corrected chi connectivity index (χ3v) is 5.56. The lowest BCUT2D eigenvalue weighted by molar-refractivity contribution is 0.317. The molecule has 0 unspecified atom stereocenters. The molecule has 32 heavy (non-hydrogen) atoms. The van der Waals surface area contributed by atoms with Crippen LogP contribution in [0.1, 0.15) is 36.5 Å². The van der Waals surface area contributed by atoms with E-state index in [0.29, 0.717) is 6.61 Å². The number of aromatic hydroxyl groups is 2. The van der Waals surface area contributed by atoms with Crippen LogP contribution in [0.25, 0.3) is 11.1 Å². The summed E-state index contributed by atoms with van der Waals surface area (Å²) in [5, 5.41) is 19.5. The number of rotatable bonds is 8. The zero-order valence-corrected chi connectivity index (χ0v) is 18.2. The van der Waals surface area contributed by atoms with Crippen LogP contribution in [0, 0.1) is 31.6 Å². The largest absolute Gasteiger partial charge is 0.508 e. The molecule has 1 saturated carbocycles. The van der Waals surface area contributed by atoms with Crippen molar-refractivity contribution in [1.82, 2.24) is 0 Å². The van der Waals surface area contributed by atoms with Crippen LogP contribution in [0.5, 0.6) is 17.2 Å². The summed E-state index contributed by atoms with van der Waals surface area (Å²) in [5.41, 5.74) is 5.42. The Balaban J connectivity index is 1.63. The summed E-state index contributed by atoms with van der Waals surface area (Å²) in [7, 11) is 0. The Morgan fingerprint density at radius 3 is 1.72 bits per heavy atom. The van der Waals surface area contributed by atoms with Crippen LogP contribution in [0.2, 0.25) is 0 Å². The Morgan fingerprint density at radius 1 is 0.688 bits per heavy atom. The van der Waals surface area contributed by atoms with Gasteiger partial charge in [-0.15, -0.1) is 0 Å². The van der Waals surface area contributed by atoms with Gasteiger partial charge < -0.3 is 14.9 Å². The number of phenols is 2. The fraction of sp³-hybridized carbons (Fsp3) is 0.138. The van der Waals surface area contributed by atoms with Crippen molar-refractivity contribution in [3.8, 4) is 17.2 Å². The first-order valence-electron chi connectivity index (χ1n) is 10.9. The molecule has 0 aliphatic heterocycles. The second-order valence-corrected chi connectivity index (χ2v) is 7.72. The molecule has 4 rings (SSSR count). The number of hydrogen-bond donors (Lipinski definition) is 2. The lowest BCUT2D eigenvalue weighted by Gasteiger charge is -2.17. The maximum atomic E-state index is 9.78. The second-order valence-electron chi connectivity index (χ2n) is 7.72. The van der Waals surface area contributed by atoms with Gasteiger partial charge in [0.25, 0.3) is 0 Å². The number of ether oxygens (including phenoxy) is 1. The zero-order chi connectivity index (χ0) is 22.3. The SMILES string of the molecule is CC/C(=C(\c1ccc(O)cc1)c1ccc(OCC[C]2[CH][CH][CH][CH]2)cc1)c1ccc(O)cc1. The molecule has 3 aromatic carbocycles. The van der Waals surface area contributed by atoms with Gasteiger partial charge in [-0.25, -0.2) is 0 Å². The van der Waals surface area contributed by atoms with Gasteiger partial charge in [0.05, 0.1) is 6.61 Å². The van der Waals surface area contributed by atoms with Crippen molar-refractivity contribution in [2.24, 2.45) is 0 Å². The maximum Gasteiger partial charge on any atom is 0.119 e. The van der Waals surface area contributed by atoms with Gasteiger partial charge >= 0.3 is 0 Å². The molecule has 1 aliphatic rings. The Bertz CT molecular complexity index is 1030. The van der Waals surface area contributed by atoms with E-state index in [4.69, 9.17) is 4.74 Å². The van der Waals surface area contributed by atoms with Gasteiger partial charge in [0.1, 0.15) is 17.2 Å². The highest BCUT2D eigenvalue weighted by Crippen LogP contribution is 2.36. The first-order valence-corrected chi connectivity index (χ1v) is 10.9. The number of allylic oxidation sites excluding steroid dienone is 1. The van der Waals surface area contributed by atoms with Gasteiger partial charge in [0, 0.05) is 0 Å². The summed E-state index contributed by atoms with van der Waals surface area (Å²) in [6, 6.07) is 22.8. The lowest BCUT2D eigenvalue weighted by atomic mass is 9.88. The predicted octanol–water partition coefficient (Wildman–Crippen LogP) is 6.64. The zero-order valence-electron chi connectivity index (χ0n) is 18.2. The molecule has 2 N–H and O–H groups in total. The molecule has 1 aliphatic carbocycles. The molecule has 0 bridgehead atoms. The van der Waals surface area contributed by atoms with Crippen LogP contribution in [-0.2, 0) is 0 Å². The van der Waals surface area contributed by atoms with Gasteiger partial charge in [-0.1, -0.05) is 43.3 Å². The summed E-state index contributed by atoms with van der Waals surface area (Å²) in [5.74, 6) is 2.61. The average Bonchev–Trinajstić information content (AvgIpc) is 3.33. The van der Waals surface area contributed by atoms with Crippen molar-refractivity contribution in [1.29, 1.82) is 0 Å². The van der Waals surface area contributed by atoms with E-state index in [9.17, 15) is 10.2 Å². The van der Waals surface area contributed by atoms with E-state index in [1.807, 2.05) is 49.2 Å². The van der Waals surface area contributed by atoms with Crippen LogP contribution in [0.3, 0.4) is 0 Å². The van der Waals surface area contributed by atoms with Crippen molar-refractivity contribution >= 4 is 11.1 Å². The minimum atomic E-state index is 0.240. The van der Waals surface area contributed by atoms with Crippen LogP contribution < -0.4 is 4.74 Å². The van der Waals surface area contributed by atoms with Crippen molar-refractivity contribution in [3.05, 3.63) is 121 Å².